The summed E-state index contributed by atoms with van der Waals surface area (Å²) in [4.78, 5) is 13.5. The summed E-state index contributed by atoms with van der Waals surface area (Å²) in [5.41, 5.74) is 2.97. The monoisotopic (exact) mass is 357 g/mol. The van der Waals surface area contributed by atoms with Crippen molar-refractivity contribution in [3.8, 4) is 0 Å². The molecule has 1 saturated heterocycles. The molecule has 1 atom stereocenters. The van der Waals surface area contributed by atoms with E-state index < -0.39 is 12.1 Å². The van der Waals surface area contributed by atoms with E-state index in [-0.39, 0.29) is 12.4 Å². The van der Waals surface area contributed by atoms with Crippen LogP contribution < -0.4 is 4.90 Å². The van der Waals surface area contributed by atoms with E-state index >= 15 is 0 Å². The molecule has 0 bridgehead atoms. The third-order valence-electron chi connectivity index (χ3n) is 4.83. The predicted molar refractivity (Wildman–Crippen MR) is 93.1 cm³/mol. The van der Waals surface area contributed by atoms with Crippen LogP contribution in [0.3, 0.4) is 0 Å². The molecule has 1 unspecified atom stereocenters. The van der Waals surface area contributed by atoms with Gasteiger partial charge in [0.15, 0.2) is 5.58 Å². The van der Waals surface area contributed by atoms with Crippen molar-refractivity contribution >= 4 is 29.5 Å². The number of methoxy groups -OCH3 is 1. The molecular formula is C17H26ClN2O4+. The minimum Gasteiger partial charge on any atom is -0.464 e. The van der Waals surface area contributed by atoms with Crippen molar-refractivity contribution in [2.45, 2.75) is 39.3 Å². The van der Waals surface area contributed by atoms with Gasteiger partial charge in [-0.2, -0.15) is 0 Å². The molecule has 3 heterocycles. The maximum absolute atomic E-state index is 12.1. The highest BCUT2D eigenvalue weighted by Crippen LogP contribution is 2.29. The first kappa shape index (κ1) is 18.8. The largest absolute Gasteiger partial charge is 0.464 e. The summed E-state index contributed by atoms with van der Waals surface area (Å²) in [5, 5.41) is 10.5. The number of aryl methyl sites for hydroxylation is 2. The number of quaternary nitrogens is 1. The zero-order chi connectivity index (χ0) is 16.6. The van der Waals surface area contributed by atoms with Gasteiger partial charge in [-0.3, -0.25) is 0 Å². The Morgan fingerprint density at radius 3 is 2.71 bits per heavy atom. The van der Waals surface area contributed by atoms with E-state index in [1.807, 2.05) is 18.4 Å². The Hall–Kier alpha value is -1.50. The standard InChI is InChI=1S/C17H24N2O4.ClH/c1-11-12(2)23-15-8-14(17(21)22-3)19(16(11)15)10-13(20)9-18-6-4-5-7-18;/h8,13,20H,4-7,9-10H2,1-3H3;1H/p+1. The Labute approximate surface area is 147 Å². The van der Waals surface area contributed by atoms with Crippen LogP contribution in [0.2, 0.25) is 0 Å². The number of hydrogen-bond acceptors (Lipinski definition) is 4. The highest BCUT2D eigenvalue weighted by molar-refractivity contribution is 5.95. The van der Waals surface area contributed by atoms with Crippen molar-refractivity contribution < 1.29 is 24.0 Å². The molecule has 2 aromatic heterocycles. The molecule has 1 fully saturated rings. The number of aliphatic hydroxyl groups is 1. The molecule has 0 spiro atoms. The van der Waals surface area contributed by atoms with Gasteiger partial charge in [-0.15, -0.1) is 12.4 Å². The first-order chi connectivity index (χ1) is 11.0. The number of fused-ring (bicyclic) bond motifs is 1. The lowest BCUT2D eigenvalue weighted by Gasteiger charge is -2.18. The summed E-state index contributed by atoms with van der Waals surface area (Å²) in [5.74, 6) is 0.425. The van der Waals surface area contributed by atoms with Crippen LogP contribution in [-0.4, -0.2) is 48.5 Å². The van der Waals surface area contributed by atoms with Crippen LogP contribution in [0, 0.1) is 13.8 Å². The van der Waals surface area contributed by atoms with Gasteiger partial charge in [-0.05, 0) is 13.8 Å². The number of halogens is 1. The summed E-state index contributed by atoms with van der Waals surface area (Å²) in [6.45, 7) is 7.18. The average Bonchev–Trinajstić information content (AvgIpc) is 3.19. The Morgan fingerprint density at radius 2 is 2.08 bits per heavy atom. The maximum atomic E-state index is 12.1. The molecule has 3 rings (SSSR count). The molecule has 1 aliphatic heterocycles. The first-order valence-electron chi connectivity index (χ1n) is 8.20. The second kappa shape index (κ2) is 7.59. The molecule has 2 N–H and O–H groups in total. The van der Waals surface area contributed by atoms with E-state index in [1.54, 1.807) is 6.07 Å². The Morgan fingerprint density at radius 1 is 1.42 bits per heavy atom. The number of nitrogens with zero attached hydrogens (tertiary/aromatic N) is 1. The van der Waals surface area contributed by atoms with Crippen molar-refractivity contribution in [1.29, 1.82) is 0 Å². The second-order valence-electron chi connectivity index (χ2n) is 6.44. The highest BCUT2D eigenvalue weighted by atomic mass is 35.5. The van der Waals surface area contributed by atoms with Crippen molar-refractivity contribution in [2.75, 3.05) is 26.7 Å². The fourth-order valence-corrected chi connectivity index (χ4v) is 3.55. The van der Waals surface area contributed by atoms with Crippen molar-refractivity contribution in [3.05, 3.63) is 23.1 Å². The summed E-state index contributed by atoms with van der Waals surface area (Å²) in [6, 6.07) is 1.70. The van der Waals surface area contributed by atoms with Gasteiger partial charge >= 0.3 is 5.97 Å². The van der Waals surface area contributed by atoms with Gasteiger partial charge in [0.05, 0.1) is 32.3 Å². The molecule has 134 valence electrons. The maximum Gasteiger partial charge on any atom is 0.354 e. The number of furan rings is 1. The average molecular weight is 358 g/mol. The van der Waals surface area contributed by atoms with Gasteiger partial charge in [0.1, 0.15) is 24.1 Å². The Kier molecular flexibility index (Phi) is 5.96. The van der Waals surface area contributed by atoms with Gasteiger partial charge in [0, 0.05) is 24.5 Å². The Bertz CT molecular complexity index is 716. The number of ether oxygens (including phenoxy) is 1. The molecular weight excluding hydrogens is 332 g/mol. The van der Waals surface area contributed by atoms with E-state index in [2.05, 4.69) is 0 Å². The number of esters is 1. The molecule has 0 aromatic carbocycles. The summed E-state index contributed by atoms with van der Waals surface area (Å²) in [7, 11) is 1.37. The van der Waals surface area contributed by atoms with E-state index in [9.17, 15) is 9.90 Å². The topological polar surface area (TPSA) is 69.0 Å². The van der Waals surface area contributed by atoms with Crippen LogP contribution in [0.5, 0.6) is 0 Å². The summed E-state index contributed by atoms with van der Waals surface area (Å²) in [6.07, 6.45) is 1.95. The van der Waals surface area contributed by atoms with Gasteiger partial charge < -0.3 is 23.7 Å². The fraction of sp³-hybridized carbons (Fsp3) is 0.588. The van der Waals surface area contributed by atoms with Crippen LogP contribution in [-0.2, 0) is 11.3 Å². The van der Waals surface area contributed by atoms with Crippen molar-refractivity contribution in [3.63, 3.8) is 0 Å². The van der Waals surface area contributed by atoms with Gasteiger partial charge in [-0.25, -0.2) is 4.79 Å². The quantitative estimate of drug-likeness (QED) is 0.786. The van der Waals surface area contributed by atoms with Crippen molar-refractivity contribution in [2.24, 2.45) is 0 Å². The molecule has 6 nitrogen and oxygen atoms in total. The predicted octanol–water partition coefficient (Wildman–Crippen LogP) is 1.10. The molecule has 0 aliphatic carbocycles. The Balaban J connectivity index is 0.00000208. The number of aromatic nitrogens is 1. The van der Waals surface area contributed by atoms with Crippen LogP contribution in [0.25, 0.3) is 11.1 Å². The normalized spacial score (nSPS) is 16.3. The molecule has 0 saturated carbocycles. The second-order valence-corrected chi connectivity index (χ2v) is 6.44. The lowest BCUT2D eigenvalue weighted by Crippen LogP contribution is -3.11. The fourth-order valence-electron chi connectivity index (χ4n) is 3.55. The smallest absolute Gasteiger partial charge is 0.354 e. The van der Waals surface area contributed by atoms with Crippen LogP contribution >= 0.6 is 12.4 Å². The molecule has 0 amide bonds. The third-order valence-corrected chi connectivity index (χ3v) is 4.83. The molecule has 2 aromatic rings. The highest BCUT2D eigenvalue weighted by Gasteiger charge is 2.25. The summed E-state index contributed by atoms with van der Waals surface area (Å²) >= 11 is 0. The zero-order valence-corrected chi connectivity index (χ0v) is 15.2. The molecule has 1 aliphatic rings. The number of rotatable bonds is 5. The van der Waals surface area contributed by atoms with Gasteiger partial charge in [-0.1, -0.05) is 0 Å². The van der Waals surface area contributed by atoms with E-state index in [4.69, 9.17) is 9.15 Å². The van der Waals surface area contributed by atoms with Crippen LogP contribution in [0.4, 0.5) is 0 Å². The lowest BCUT2D eigenvalue weighted by molar-refractivity contribution is -0.890. The van der Waals surface area contributed by atoms with E-state index in [0.29, 0.717) is 24.4 Å². The SMILES string of the molecule is COC(=O)c1cc2oc(C)c(C)c2n1CC(O)C[NH+]1CCCC1.Cl. The summed E-state index contributed by atoms with van der Waals surface area (Å²) < 4.78 is 12.4. The minimum absolute atomic E-state index is 0. The van der Waals surface area contributed by atoms with Gasteiger partial charge in [0.2, 0.25) is 0 Å². The third kappa shape index (κ3) is 3.45. The zero-order valence-electron chi connectivity index (χ0n) is 14.4. The first-order valence-corrected chi connectivity index (χ1v) is 8.20. The van der Waals surface area contributed by atoms with Gasteiger partial charge in [0.25, 0.3) is 0 Å². The minimum atomic E-state index is -0.503. The van der Waals surface area contributed by atoms with E-state index in [0.717, 1.165) is 29.9 Å². The number of aliphatic hydroxyl groups excluding tert-OH is 1. The molecule has 7 heteroatoms. The molecule has 24 heavy (non-hydrogen) atoms. The number of carbonyl (C=O) groups is 1. The van der Waals surface area contributed by atoms with Crippen LogP contribution in [0.1, 0.15) is 34.7 Å². The van der Waals surface area contributed by atoms with Crippen LogP contribution in [0.15, 0.2) is 10.5 Å². The number of hydrogen-bond donors (Lipinski definition) is 2. The lowest BCUT2D eigenvalue weighted by atomic mass is 10.2. The number of likely N-dealkylation sites (tertiary alicyclic amines) is 1. The number of nitrogens with one attached hydrogen (secondary N) is 1. The molecule has 0 radical (unpaired) electrons. The number of carbonyl (C=O) groups excluding carboxylic acids is 1. The van der Waals surface area contributed by atoms with Crippen molar-refractivity contribution in [1.82, 2.24) is 4.57 Å². The van der Waals surface area contributed by atoms with E-state index in [1.165, 1.54) is 24.9 Å².